The van der Waals surface area contributed by atoms with Gasteiger partial charge in [-0.15, -0.1) is 0 Å². The van der Waals surface area contributed by atoms with Gasteiger partial charge >= 0.3 is 0 Å². The molecule has 0 radical (unpaired) electrons. The predicted octanol–water partition coefficient (Wildman–Crippen LogP) is 4.55. The zero-order valence-corrected chi connectivity index (χ0v) is 22.5. The van der Waals surface area contributed by atoms with Crippen LogP contribution in [0.25, 0.3) is 0 Å². The number of nitrogens with zero attached hydrogens (tertiary/aromatic N) is 2. The van der Waals surface area contributed by atoms with Gasteiger partial charge in [-0.2, -0.15) is 0 Å². The highest BCUT2D eigenvalue weighted by atomic mass is 16.5. The first-order chi connectivity index (χ1) is 19.7. The first-order valence-corrected chi connectivity index (χ1v) is 13.7. The summed E-state index contributed by atoms with van der Waals surface area (Å²) in [6.45, 7) is 3.60. The molecule has 3 aromatic carbocycles. The molecule has 40 heavy (non-hydrogen) atoms. The van der Waals surface area contributed by atoms with Gasteiger partial charge < -0.3 is 19.9 Å². The van der Waals surface area contributed by atoms with Gasteiger partial charge in [-0.25, -0.2) is 0 Å². The summed E-state index contributed by atoms with van der Waals surface area (Å²) in [6.07, 6.45) is 2.44. The van der Waals surface area contributed by atoms with Crippen LogP contribution >= 0.6 is 0 Å². The lowest BCUT2D eigenvalue weighted by Crippen LogP contribution is -2.30. The number of hydrogen-bond donors (Lipinski definition) is 2. The summed E-state index contributed by atoms with van der Waals surface area (Å²) in [5.41, 5.74) is 5.67. The van der Waals surface area contributed by atoms with Crippen LogP contribution in [0, 0.1) is 0 Å². The highest BCUT2D eigenvalue weighted by Gasteiger charge is 2.17. The molecular weight excluding hydrogens is 502 g/mol. The fraction of sp³-hybridized carbons (Fsp3) is 0.273. The molecule has 2 heterocycles. The number of nitrogens with one attached hydrogen (secondary N) is 1. The number of ether oxygens (including phenoxy) is 2. The van der Waals surface area contributed by atoms with Crippen LogP contribution in [0.3, 0.4) is 0 Å². The Labute approximate surface area is 235 Å². The van der Waals surface area contributed by atoms with Crippen molar-refractivity contribution in [3.8, 4) is 5.75 Å². The number of aromatic nitrogens is 1. The largest absolute Gasteiger partial charge is 0.491 e. The highest BCUT2D eigenvalue weighted by molar-refractivity contribution is 5.95. The number of carbonyl (C=O) groups is 1. The van der Waals surface area contributed by atoms with Gasteiger partial charge in [0.1, 0.15) is 12.4 Å². The second kappa shape index (κ2) is 13.8. The van der Waals surface area contributed by atoms with Crippen molar-refractivity contribution in [3.05, 3.63) is 131 Å². The van der Waals surface area contributed by atoms with Crippen LogP contribution in [-0.4, -0.2) is 53.9 Å². The van der Waals surface area contributed by atoms with Crippen LogP contribution in [0.1, 0.15) is 44.3 Å². The molecule has 0 saturated heterocycles. The maximum Gasteiger partial charge on any atom is 0.251 e. The molecule has 7 heteroatoms. The molecule has 1 aromatic heterocycles. The normalized spacial score (nSPS) is 15.2. The minimum absolute atomic E-state index is 0.187. The molecule has 1 amide bonds. The van der Waals surface area contributed by atoms with E-state index in [0.29, 0.717) is 31.8 Å². The van der Waals surface area contributed by atoms with Crippen LogP contribution in [0.15, 0.2) is 97.2 Å². The SMILES string of the molecule is O=C(N[C@H](CO)c1ccccc1)c1ccc2c(c1)Cc1cccc(c1)CN(Cc1ccccn1)CCOCCO2. The minimum Gasteiger partial charge on any atom is -0.491 e. The second-order valence-electron chi connectivity index (χ2n) is 9.93. The van der Waals surface area contributed by atoms with Crippen molar-refractivity contribution in [1.29, 1.82) is 0 Å². The molecule has 2 bridgehead atoms. The molecule has 4 aromatic rings. The minimum atomic E-state index is -0.485. The maximum atomic E-state index is 13.2. The van der Waals surface area contributed by atoms with Gasteiger partial charge in [0.25, 0.3) is 5.91 Å². The van der Waals surface area contributed by atoms with Crippen molar-refractivity contribution >= 4 is 5.91 Å². The van der Waals surface area contributed by atoms with E-state index >= 15 is 0 Å². The Hall–Kier alpha value is -4.04. The van der Waals surface area contributed by atoms with Gasteiger partial charge in [0.05, 0.1) is 31.6 Å². The number of fused-ring (bicyclic) bond motifs is 3. The molecule has 0 saturated carbocycles. The first kappa shape index (κ1) is 27.5. The molecular formula is C33H35N3O4. The van der Waals surface area contributed by atoms with Gasteiger partial charge in [0.2, 0.25) is 0 Å². The van der Waals surface area contributed by atoms with Gasteiger partial charge in [-0.3, -0.25) is 14.7 Å². The van der Waals surface area contributed by atoms with Crippen LogP contribution < -0.4 is 10.1 Å². The molecule has 0 spiro atoms. The molecule has 2 N–H and O–H groups in total. The van der Waals surface area contributed by atoms with E-state index in [1.54, 1.807) is 6.07 Å². The second-order valence-corrected chi connectivity index (χ2v) is 9.93. The Kier molecular flexibility index (Phi) is 9.53. The molecule has 0 unspecified atom stereocenters. The average Bonchev–Trinajstić information content (AvgIpc) is 2.99. The fourth-order valence-corrected chi connectivity index (χ4v) is 4.92. The van der Waals surface area contributed by atoms with E-state index < -0.39 is 6.04 Å². The van der Waals surface area contributed by atoms with Crippen molar-refractivity contribution in [2.75, 3.05) is 33.0 Å². The van der Waals surface area contributed by atoms with Crippen LogP contribution in [0.4, 0.5) is 0 Å². The van der Waals surface area contributed by atoms with Gasteiger partial charge in [-0.05, 0) is 52.6 Å². The molecule has 0 fully saturated rings. The zero-order valence-electron chi connectivity index (χ0n) is 22.5. The third-order valence-electron chi connectivity index (χ3n) is 6.95. The van der Waals surface area contributed by atoms with E-state index in [0.717, 1.165) is 47.8 Å². The number of amides is 1. The van der Waals surface area contributed by atoms with E-state index in [1.165, 1.54) is 5.56 Å². The third kappa shape index (κ3) is 7.54. The average molecular weight is 538 g/mol. The van der Waals surface area contributed by atoms with Crippen LogP contribution in [-0.2, 0) is 24.2 Å². The van der Waals surface area contributed by atoms with Gasteiger partial charge in [0, 0.05) is 37.8 Å². The summed E-state index contributed by atoms with van der Waals surface area (Å²) in [4.78, 5) is 20.0. The molecule has 5 rings (SSSR count). The number of aliphatic hydroxyl groups is 1. The van der Waals surface area contributed by atoms with Crippen molar-refractivity contribution in [3.63, 3.8) is 0 Å². The monoisotopic (exact) mass is 537 g/mol. The number of pyridine rings is 1. The van der Waals surface area contributed by atoms with E-state index in [9.17, 15) is 9.90 Å². The fourth-order valence-electron chi connectivity index (χ4n) is 4.92. The molecule has 206 valence electrons. The Balaban J connectivity index is 1.37. The van der Waals surface area contributed by atoms with Gasteiger partial charge in [0.15, 0.2) is 0 Å². The van der Waals surface area contributed by atoms with Crippen molar-refractivity contribution in [2.24, 2.45) is 0 Å². The molecule has 1 aliphatic heterocycles. The van der Waals surface area contributed by atoms with Crippen LogP contribution in [0.5, 0.6) is 5.75 Å². The number of benzene rings is 3. The van der Waals surface area contributed by atoms with Crippen LogP contribution in [0.2, 0.25) is 0 Å². The van der Waals surface area contributed by atoms with Crippen molar-refractivity contribution in [2.45, 2.75) is 25.6 Å². The third-order valence-corrected chi connectivity index (χ3v) is 6.95. The molecule has 7 nitrogen and oxygen atoms in total. The van der Waals surface area contributed by atoms with E-state index in [4.69, 9.17) is 9.47 Å². The summed E-state index contributed by atoms with van der Waals surface area (Å²) >= 11 is 0. The standard InChI is InChI=1S/C33H35N3O4/c37-24-31(27-9-2-1-3-10-27)35-33(38)28-12-13-32-29(21-28)20-25-7-6-8-26(19-25)22-36(15-16-39-17-18-40-32)23-30-11-4-5-14-34-30/h1-14,19,21,31,37H,15-18,20,22-24H2,(H,35,38)/t31-/m1/s1. The van der Waals surface area contributed by atoms with E-state index in [2.05, 4.69) is 39.5 Å². The molecule has 1 atom stereocenters. The smallest absolute Gasteiger partial charge is 0.251 e. The number of carbonyl (C=O) groups excluding carboxylic acids is 1. The summed E-state index contributed by atoms with van der Waals surface area (Å²) < 4.78 is 12.0. The summed E-state index contributed by atoms with van der Waals surface area (Å²) in [5.74, 6) is 0.494. The first-order valence-electron chi connectivity index (χ1n) is 13.7. The number of rotatable bonds is 6. The molecule has 0 aliphatic carbocycles. The summed E-state index contributed by atoms with van der Waals surface area (Å²) in [5, 5.41) is 12.9. The van der Waals surface area contributed by atoms with E-state index in [-0.39, 0.29) is 12.5 Å². The Morgan fingerprint density at radius 2 is 1.77 bits per heavy atom. The van der Waals surface area contributed by atoms with E-state index in [1.807, 2.05) is 66.9 Å². The highest BCUT2D eigenvalue weighted by Crippen LogP contribution is 2.25. The lowest BCUT2D eigenvalue weighted by Gasteiger charge is -2.23. The number of aliphatic hydroxyl groups excluding tert-OH is 1. The number of hydrogen-bond acceptors (Lipinski definition) is 6. The summed E-state index contributed by atoms with van der Waals surface area (Å²) in [7, 11) is 0. The van der Waals surface area contributed by atoms with Gasteiger partial charge in [-0.1, -0.05) is 60.7 Å². The zero-order chi connectivity index (χ0) is 27.6. The summed E-state index contributed by atoms with van der Waals surface area (Å²) in [6, 6.07) is 29.0. The predicted molar refractivity (Wildman–Crippen MR) is 154 cm³/mol. The quantitative estimate of drug-likeness (QED) is 0.376. The Morgan fingerprint density at radius 1 is 0.925 bits per heavy atom. The Morgan fingerprint density at radius 3 is 2.60 bits per heavy atom. The maximum absolute atomic E-state index is 13.2. The topological polar surface area (TPSA) is 83.9 Å². The molecule has 1 aliphatic rings. The van der Waals surface area contributed by atoms with Crippen molar-refractivity contribution in [1.82, 2.24) is 15.2 Å². The van der Waals surface area contributed by atoms with Crippen molar-refractivity contribution < 1.29 is 19.4 Å². The lowest BCUT2D eigenvalue weighted by atomic mass is 9.99. The Bertz CT molecular complexity index is 1380. The lowest BCUT2D eigenvalue weighted by molar-refractivity contribution is 0.0754.